The zero-order chi connectivity index (χ0) is 30.8. The van der Waals surface area contributed by atoms with Crippen LogP contribution in [0.15, 0.2) is 36.4 Å². The van der Waals surface area contributed by atoms with Crippen molar-refractivity contribution in [3.8, 4) is 11.6 Å². The number of hydrogen-bond acceptors (Lipinski definition) is 4. The van der Waals surface area contributed by atoms with Crippen molar-refractivity contribution >= 4 is 0 Å². The number of rotatable bonds is 4. The van der Waals surface area contributed by atoms with Gasteiger partial charge in [-0.1, -0.05) is 108 Å². The summed E-state index contributed by atoms with van der Waals surface area (Å²) in [4.78, 5) is 10.4. The topological polar surface area (TPSA) is 61.4 Å². The zero-order valence-electron chi connectivity index (χ0n) is 28.0. The maximum atomic E-state index is 5.19. The number of hydrogen-bond donors (Lipinski definition) is 0. The Balaban J connectivity index is 0.00000484. The summed E-state index contributed by atoms with van der Waals surface area (Å²) in [6.45, 7) is 30.7. The second kappa shape index (κ2) is 11.1. The van der Waals surface area contributed by atoms with Gasteiger partial charge in [-0.05, 0) is 70.2 Å². The van der Waals surface area contributed by atoms with Gasteiger partial charge in [0, 0.05) is 16.8 Å². The van der Waals surface area contributed by atoms with E-state index in [2.05, 4.69) is 134 Å². The van der Waals surface area contributed by atoms with Crippen molar-refractivity contribution < 1.29 is 20.4 Å². The molecular formula is C35H48N6Pd. The summed E-state index contributed by atoms with van der Waals surface area (Å²) in [5.74, 6) is 1.52. The van der Waals surface area contributed by atoms with Crippen LogP contribution < -0.4 is 0 Å². The molecule has 0 saturated carbocycles. The molecule has 0 fully saturated rings. The standard InChI is InChI=1S/C35H48N6.Pd/c1-31(2,3)23-19-27(36-29(21-23)40-17-15-25(38-40)33(7,8)9)35(13,14)28-20-24(32(4,5)6)22-30(37-28)41-18-16-26(39-41)34(10,11)12;/h15-16,19-22H,1-14H3;/q-2;+2. The van der Waals surface area contributed by atoms with Crippen LogP contribution in [0.2, 0.25) is 0 Å². The van der Waals surface area contributed by atoms with Crippen molar-refractivity contribution in [2.75, 3.05) is 0 Å². The van der Waals surface area contributed by atoms with Crippen LogP contribution in [0.3, 0.4) is 0 Å². The molecule has 0 aliphatic carbocycles. The molecule has 228 valence electrons. The Bertz CT molecular complexity index is 1430. The Morgan fingerprint density at radius 2 is 0.810 bits per heavy atom. The fourth-order valence-corrected chi connectivity index (χ4v) is 4.43. The van der Waals surface area contributed by atoms with E-state index in [1.165, 1.54) is 11.1 Å². The Kier molecular flexibility index (Phi) is 8.99. The maximum absolute atomic E-state index is 5.19. The summed E-state index contributed by atoms with van der Waals surface area (Å²) in [6.07, 6.45) is 6.62. The van der Waals surface area contributed by atoms with Gasteiger partial charge in [-0.3, -0.25) is 20.2 Å². The maximum Gasteiger partial charge on any atom is 2.00 e. The Morgan fingerprint density at radius 1 is 0.476 bits per heavy atom. The van der Waals surface area contributed by atoms with Crippen LogP contribution in [0.5, 0.6) is 0 Å². The van der Waals surface area contributed by atoms with Gasteiger partial charge in [-0.2, -0.15) is 0 Å². The fourth-order valence-electron chi connectivity index (χ4n) is 4.43. The summed E-state index contributed by atoms with van der Waals surface area (Å²) in [5, 5.41) is 9.72. The van der Waals surface area contributed by atoms with Crippen molar-refractivity contribution in [2.45, 2.75) is 124 Å². The largest absolute Gasteiger partial charge is 2.00 e. The molecule has 7 heteroatoms. The van der Waals surface area contributed by atoms with Gasteiger partial charge in [0.15, 0.2) is 0 Å². The molecule has 4 heterocycles. The molecule has 4 aromatic rings. The Morgan fingerprint density at radius 3 is 1.07 bits per heavy atom. The van der Waals surface area contributed by atoms with Crippen molar-refractivity contribution in [3.63, 3.8) is 0 Å². The molecule has 0 atom stereocenters. The number of aromatic nitrogens is 6. The summed E-state index contributed by atoms with van der Waals surface area (Å²) in [7, 11) is 0. The third-order valence-corrected chi connectivity index (χ3v) is 7.67. The van der Waals surface area contributed by atoms with Crippen LogP contribution in [0, 0.1) is 12.4 Å². The van der Waals surface area contributed by atoms with Crippen molar-refractivity contribution in [1.29, 1.82) is 0 Å². The van der Waals surface area contributed by atoms with Crippen LogP contribution in [-0.2, 0) is 47.5 Å². The van der Waals surface area contributed by atoms with Gasteiger partial charge in [-0.15, -0.1) is 12.1 Å². The second-order valence-electron chi connectivity index (χ2n) is 16.0. The molecular weight excluding hydrogens is 611 g/mol. The van der Waals surface area contributed by atoms with Gasteiger partial charge in [0.1, 0.15) is 0 Å². The molecule has 4 aromatic heterocycles. The van der Waals surface area contributed by atoms with Crippen molar-refractivity contribution in [3.05, 3.63) is 82.7 Å². The molecule has 0 spiro atoms. The SMILES string of the molecule is CC(C)(C)c1cc(-n2[c-]cc(C(C)(C)C)n2)nc(C(C)(C)c2cc(C(C)(C)C)cc(-n3[c-]cc(C(C)(C)C)n3)n2)c1.[Pd+2]. The minimum Gasteiger partial charge on any atom is -0.343 e. The van der Waals surface area contributed by atoms with E-state index >= 15 is 0 Å². The van der Waals surface area contributed by atoms with Crippen LogP contribution >= 0.6 is 0 Å². The van der Waals surface area contributed by atoms with Gasteiger partial charge >= 0.3 is 20.4 Å². The summed E-state index contributed by atoms with van der Waals surface area (Å²) in [6, 6.07) is 12.6. The van der Waals surface area contributed by atoms with Crippen LogP contribution in [0.1, 0.15) is 131 Å². The minimum absolute atomic E-state index is 0. The average Bonchev–Trinajstić information content (AvgIpc) is 3.53. The molecule has 0 unspecified atom stereocenters. The molecule has 0 amide bonds. The first-order valence-electron chi connectivity index (χ1n) is 14.6. The molecule has 0 aliphatic heterocycles. The van der Waals surface area contributed by atoms with E-state index < -0.39 is 5.41 Å². The molecule has 0 aliphatic rings. The Labute approximate surface area is 267 Å². The van der Waals surface area contributed by atoms with E-state index in [1.54, 1.807) is 9.36 Å². The van der Waals surface area contributed by atoms with Gasteiger partial charge < -0.3 is 9.36 Å². The third kappa shape index (κ3) is 7.12. The zero-order valence-corrected chi connectivity index (χ0v) is 29.5. The predicted octanol–water partition coefficient (Wildman–Crippen LogP) is 7.96. The van der Waals surface area contributed by atoms with E-state index in [0.717, 1.165) is 34.4 Å². The van der Waals surface area contributed by atoms with E-state index in [9.17, 15) is 0 Å². The average molecular weight is 659 g/mol. The van der Waals surface area contributed by atoms with Gasteiger partial charge in [0.25, 0.3) is 0 Å². The first kappa shape index (κ1) is 33.9. The van der Waals surface area contributed by atoms with Crippen molar-refractivity contribution in [2.24, 2.45) is 0 Å². The van der Waals surface area contributed by atoms with Crippen molar-refractivity contribution in [1.82, 2.24) is 29.5 Å². The second-order valence-corrected chi connectivity index (χ2v) is 16.0. The minimum atomic E-state index is -0.508. The molecule has 4 rings (SSSR count). The molecule has 0 N–H and O–H groups in total. The van der Waals surface area contributed by atoms with E-state index in [0.29, 0.717) is 0 Å². The molecule has 0 radical (unpaired) electrons. The number of pyridine rings is 2. The number of nitrogens with zero attached hydrogens (tertiary/aromatic N) is 6. The van der Waals surface area contributed by atoms with Gasteiger partial charge in [0.2, 0.25) is 0 Å². The first-order valence-corrected chi connectivity index (χ1v) is 14.6. The summed E-state index contributed by atoms with van der Waals surface area (Å²) in [5.41, 5.74) is 5.39. The predicted molar refractivity (Wildman–Crippen MR) is 167 cm³/mol. The first-order chi connectivity index (χ1) is 18.6. The van der Waals surface area contributed by atoms with E-state index in [-0.39, 0.29) is 42.1 Å². The molecule has 6 nitrogen and oxygen atoms in total. The van der Waals surface area contributed by atoms with Crippen LogP contribution in [-0.4, -0.2) is 29.5 Å². The molecule has 0 bridgehead atoms. The van der Waals surface area contributed by atoms with Crippen LogP contribution in [0.25, 0.3) is 11.6 Å². The van der Waals surface area contributed by atoms with Gasteiger partial charge in [0.05, 0.1) is 11.6 Å². The smallest absolute Gasteiger partial charge is 0.343 e. The third-order valence-electron chi connectivity index (χ3n) is 7.67. The normalized spacial score (nSPS) is 13.3. The fraction of sp³-hybridized carbons (Fsp3) is 0.543. The summed E-state index contributed by atoms with van der Waals surface area (Å²) < 4.78 is 3.57. The van der Waals surface area contributed by atoms with Crippen LogP contribution in [0.4, 0.5) is 0 Å². The molecule has 0 saturated heterocycles. The summed E-state index contributed by atoms with van der Waals surface area (Å²) >= 11 is 0. The Hall–Kier alpha value is -2.62. The van der Waals surface area contributed by atoms with E-state index in [4.69, 9.17) is 20.2 Å². The molecule has 0 aromatic carbocycles. The monoisotopic (exact) mass is 658 g/mol. The molecule has 42 heavy (non-hydrogen) atoms. The van der Waals surface area contributed by atoms with E-state index in [1.807, 2.05) is 12.1 Å². The van der Waals surface area contributed by atoms with Gasteiger partial charge in [-0.25, -0.2) is 0 Å². The quantitative estimate of drug-likeness (QED) is 0.165.